The van der Waals surface area contributed by atoms with Crippen molar-refractivity contribution in [2.75, 3.05) is 9.80 Å². The first-order chi connectivity index (χ1) is 37.7. The van der Waals surface area contributed by atoms with Crippen LogP contribution in [-0.4, -0.2) is 0 Å². The van der Waals surface area contributed by atoms with E-state index in [2.05, 4.69) is 289 Å². The Balaban J connectivity index is 0.987. The van der Waals surface area contributed by atoms with Crippen molar-refractivity contribution in [3.63, 3.8) is 0 Å². The second kappa shape index (κ2) is 16.7. The molecule has 2 nitrogen and oxygen atoms in total. The Kier molecular flexibility index (Phi) is 9.45. The largest absolute Gasteiger partial charge is 0.310 e. The third kappa shape index (κ3) is 6.15. The molecule has 13 aromatic rings. The number of anilines is 6. The molecule has 12 aromatic carbocycles. The molecule has 3 heteroatoms. The van der Waals surface area contributed by atoms with Crippen LogP contribution in [0, 0.1) is 0 Å². The van der Waals surface area contributed by atoms with Crippen LogP contribution in [0.4, 0.5) is 34.1 Å². The topological polar surface area (TPSA) is 6.48 Å². The molecular formula is C73H46N2S. The summed E-state index contributed by atoms with van der Waals surface area (Å²) in [5.41, 5.74) is 26.0. The van der Waals surface area contributed by atoms with Gasteiger partial charge in [-0.25, -0.2) is 0 Å². The van der Waals surface area contributed by atoms with Gasteiger partial charge in [-0.1, -0.05) is 212 Å². The van der Waals surface area contributed by atoms with Gasteiger partial charge in [-0.2, -0.15) is 0 Å². The van der Waals surface area contributed by atoms with Gasteiger partial charge < -0.3 is 9.80 Å². The zero-order chi connectivity index (χ0) is 49.9. The molecule has 2 aliphatic carbocycles. The van der Waals surface area contributed by atoms with Crippen molar-refractivity contribution >= 4 is 65.6 Å². The molecule has 2 heterocycles. The maximum Gasteiger partial charge on any atom is 0.0726 e. The number of hydrogen-bond donors (Lipinski definition) is 0. The lowest BCUT2D eigenvalue weighted by Crippen LogP contribution is -2.29. The monoisotopic (exact) mass is 982 g/mol. The van der Waals surface area contributed by atoms with Gasteiger partial charge in [0.05, 0.1) is 16.8 Å². The van der Waals surface area contributed by atoms with Gasteiger partial charge in [0.15, 0.2) is 0 Å². The molecule has 354 valence electrons. The van der Waals surface area contributed by atoms with Gasteiger partial charge in [0, 0.05) is 59.6 Å². The Morgan fingerprint density at radius 1 is 0.303 bits per heavy atom. The minimum atomic E-state index is -0.669. The van der Waals surface area contributed by atoms with Crippen LogP contribution in [0.25, 0.3) is 86.9 Å². The van der Waals surface area contributed by atoms with E-state index in [1.54, 1.807) is 0 Å². The molecular weight excluding hydrogens is 937 g/mol. The molecule has 0 fully saturated rings. The van der Waals surface area contributed by atoms with Crippen molar-refractivity contribution < 1.29 is 0 Å². The lowest BCUT2D eigenvalue weighted by atomic mass is 9.65. The number of benzene rings is 12. The second-order valence-corrected chi connectivity index (χ2v) is 21.3. The summed E-state index contributed by atoms with van der Waals surface area (Å²) in [5.74, 6) is 0. The van der Waals surface area contributed by atoms with E-state index in [1.165, 1.54) is 109 Å². The van der Waals surface area contributed by atoms with E-state index in [0.717, 1.165) is 34.1 Å². The minimum absolute atomic E-state index is 0.669. The van der Waals surface area contributed by atoms with Crippen LogP contribution in [0.3, 0.4) is 0 Å². The van der Waals surface area contributed by atoms with Crippen LogP contribution in [-0.2, 0) is 5.41 Å². The molecule has 0 amide bonds. The molecule has 0 bridgehead atoms. The van der Waals surface area contributed by atoms with Gasteiger partial charge in [-0.15, -0.1) is 11.3 Å². The maximum atomic E-state index is 2.55. The highest BCUT2D eigenvalue weighted by molar-refractivity contribution is 7.26. The first kappa shape index (κ1) is 42.9. The van der Waals surface area contributed by atoms with E-state index < -0.39 is 5.41 Å². The summed E-state index contributed by atoms with van der Waals surface area (Å²) in [6, 6.07) is 104. The Morgan fingerprint density at radius 3 is 1.53 bits per heavy atom. The highest BCUT2D eigenvalue weighted by Crippen LogP contribution is 2.64. The van der Waals surface area contributed by atoms with Gasteiger partial charge in [-0.3, -0.25) is 0 Å². The standard InChI is InChI=1S/C73H46N2S/c1-3-19-47(20-4-1)48-35-37-50(38-36-48)74(51-39-41-55-58-26-11-16-32-68(58)75(49-21-5-2-6-22-49)69-33-17-12-27-59(69)63(55)45-51)52-40-42-57-54-24-8-7-23-53(54)56-25-9-14-30-64(56)73(67(57)46-52)65-31-15-10-29-62(65)71-66(73)44-43-61-60-28-13-18-34-70(60)76-72(61)71/h1-46H. The fraction of sp³-hybridized carbons (Fsp3) is 0.0137. The number of nitrogens with zero attached hydrogens (tertiary/aromatic N) is 2. The lowest BCUT2D eigenvalue weighted by molar-refractivity contribution is 0.776. The summed E-state index contributed by atoms with van der Waals surface area (Å²) in [5, 5.41) is 2.63. The molecule has 76 heavy (non-hydrogen) atoms. The SMILES string of the molecule is c1ccc(-c2ccc(N(c3ccc4c(c3)-c3ccccc3N(c3ccccc3)c3ccccc3-4)c3ccc4c(c3)C3(c5ccccc5-c5ccccc5-4)c4ccccc4-c4c3ccc3c4sc4ccccc43)cc2)cc1. The molecule has 0 N–H and O–H groups in total. The van der Waals surface area contributed by atoms with E-state index in [1.807, 2.05) is 11.3 Å². The Morgan fingerprint density at radius 2 is 0.803 bits per heavy atom. The molecule has 1 unspecified atom stereocenters. The fourth-order valence-corrected chi connectivity index (χ4v) is 14.5. The number of para-hydroxylation sites is 3. The molecule has 0 saturated heterocycles. The molecule has 1 atom stereocenters. The molecule has 1 aromatic heterocycles. The van der Waals surface area contributed by atoms with E-state index in [4.69, 9.17) is 0 Å². The highest BCUT2D eigenvalue weighted by atomic mass is 32.1. The van der Waals surface area contributed by atoms with E-state index in [-0.39, 0.29) is 0 Å². The molecule has 1 spiro atoms. The first-order valence-electron chi connectivity index (χ1n) is 26.2. The van der Waals surface area contributed by atoms with Crippen LogP contribution in [0.15, 0.2) is 279 Å². The van der Waals surface area contributed by atoms with Gasteiger partial charge in [0.2, 0.25) is 0 Å². The van der Waals surface area contributed by atoms with E-state index in [9.17, 15) is 0 Å². The normalized spacial score (nSPS) is 14.3. The molecule has 3 aliphatic rings. The Hall–Kier alpha value is -9.54. The molecule has 0 radical (unpaired) electrons. The van der Waals surface area contributed by atoms with Gasteiger partial charge in [-0.05, 0) is 139 Å². The summed E-state index contributed by atoms with van der Waals surface area (Å²) >= 11 is 1.93. The van der Waals surface area contributed by atoms with Gasteiger partial charge in [0.25, 0.3) is 0 Å². The quantitative estimate of drug-likeness (QED) is 0.170. The third-order valence-corrected chi connectivity index (χ3v) is 17.6. The van der Waals surface area contributed by atoms with Crippen molar-refractivity contribution in [2.45, 2.75) is 5.41 Å². The van der Waals surface area contributed by atoms with Crippen LogP contribution in [0.2, 0.25) is 0 Å². The van der Waals surface area contributed by atoms with Crippen molar-refractivity contribution in [1.82, 2.24) is 0 Å². The first-order valence-corrected chi connectivity index (χ1v) is 27.1. The number of thiophene rings is 1. The Labute approximate surface area is 446 Å². The summed E-state index contributed by atoms with van der Waals surface area (Å²) in [4.78, 5) is 4.92. The van der Waals surface area contributed by atoms with Gasteiger partial charge in [0.1, 0.15) is 0 Å². The van der Waals surface area contributed by atoms with Crippen molar-refractivity contribution in [3.8, 4) is 66.8 Å². The Bertz CT molecular complexity index is 4480. The van der Waals surface area contributed by atoms with E-state index >= 15 is 0 Å². The average molecular weight is 983 g/mol. The van der Waals surface area contributed by atoms with Crippen LogP contribution in [0.5, 0.6) is 0 Å². The van der Waals surface area contributed by atoms with Crippen molar-refractivity contribution in [2.24, 2.45) is 0 Å². The number of fused-ring (bicyclic) bond motifs is 21. The van der Waals surface area contributed by atoms with Crippen LogP contribution in [0.1, 0.15) is 22.3 Å². The highest BCUT2D eigenvalue weighted by Gasteiger charge is 2.50. The maximum absolute atomic E-state index is 2.55. The summed E-state index contributed by atoms with van der Waals surface area (Å²) in [6.45, 7) is 0. The summed E-state index contributed by atoms with van der Waals surface area (Å²) < 4.78 is 2.66. The zero-order valence-electron chi connectivity index (χ0n) is 41.4. The smallest absolute Gasteiger partial charge is 0.0726 e. The van der Waals surface area contributed by atoms with Crippen LogP contribution >= 0.6 is 11.3 Å². The molecule has 0 saturated carbocycles. The minimum Gasteiger partial charge on any atom is -0.310 e. The van der Waals surface area contributed by atoms with Crippen molar-refractivity contribution in [1.29, 1.82) is 0 Å². The zero-order valence-corrected chi connectivity index (χ0v) is 42.2. The second-order valence-electron chi connectivity index (χ2n) is 20.3. The number of hydrogen-bond acceptors (Lipinski definition) is 3. The van der Waals surface area contributed by atoms with Gasteiger partial charge >= 0.3 is 0 Å². The lowest BCUT2D eigenvalue weighted by Gasteiger charge is -2.36. The fourth-order valence-electron chi connectivity index (χ4n) is 13.3. The summed E-state index contributed by atoms with van der Waals surface area (Å²) in [6.07, 6.45) is 0. The molecule has 16 rings (SSSR count). The number of rotatable bonds is 5. The molecule has 1 aliphatic heterocycles. The predicted molar refractivity (Wildman–Crippen MR) is 320 cm³/mol. The average Bonchev–Trinajstić information content (AvgIpc) is 4.19. The van der Waals surface area contributed by atoms with Crippen molar-refractivity contribution in [3.05, 3.63) is 301 Å². The summed E-state index contributed by atoms with van der Waals surface area (Å²) in [7, 11) is 0. The van der Waals surface area contributed by atoms with Crippen LogP contribution < -0.4 is 9.80 Å². The van der Waals surface area contributed by atoms with E-state index in [0.29, 0.717) is 0 Å². The predicted octanol–water partition coefficient (Wildman–Crippen LogP) is 20.3. The third-order valence-electron chi connectivity index (χ3n) is 16.4.